The monoisotopic (exact) mass is 379 g/mol. The number of hydrogen-bond donors (Lipinski definition) is 1. The fourth-order valence-corrected chi connectivity index (χ4v) is 7.91. The van der Waals surface area contributed by atoms with Crippen LogP contribution in [0.1, 0.15) is 56.9 Å². The largest absolute Gasteiger partial charge is 0.351 e. The maximum atomic E-state index is 14.1. The van der Waals surface area contributed by atoms with Gasteiger partial charge in [0.15, 0.2) is 0 Å². The lowest BCUT2D eigenvalue weighted by Gasteiger charge is -2.60. The number of carbonyl (C=O) groups is 2. The van der Waals surface area contributed by atoms with Gasteiger partial charge < -0.3 is 15.5 Å². The highest BCUT2D eigenvalue weighted by Crippen LogP contribution is 2.61. The van der Waals surface area contributed by atoms with E-state index in [1.807, 2.05) is 0 Å². The quantitative estimate of drug-likeness (QED) is 0.812. The van der Waals surface area contributed by atoms with Gasteiger partial charge in [-0.15, -0.1) is 0 Å². The summed E-state index contributed by atoms with van der Waals surface area (Å²) < 4.78 is 0. The van der Waals surface area contributed by atoms with Crippen LogP contribution < -0.4 is 10.6 Å². The lowest BCUT2D eigenvalue weighted by atomic mass is 9.52. The first-order valence-electron chi connectivity index (χ1n) is 11.0. The normalized spacial score (nSPS) is 37.6. The predicted molar refractivity (Wildman–Crippen MR) is 107 cm³/mol. The van der Waals surface area contributed by atoms with E-state index in [0.29, 0.717) is 31.8 Å². The molecule has 28 heavy (non-hydrogen) atoms. The Morgan fingerprint density at radius 3 is 2.11 bits per heavy atom. The minimum atomic E-state index is -0.466. The lowest BCUT2D eigenvalue weighted by molar-refractivity contribution is -0.128. The molecular weight excluding hydrogens is 350 g/mol. The van der Waals surface area contributed by atoms with Crippen molar-refractivity contribution in [2.45, 2.75) is 62.3 Å². The van der Waals surface area contributed by atoms with Crippen molar-refractivity contribution in [3.8, 4) is 0 Å². The van der Waals surface area contributed by atoms with Crippen LogP contribution in [0, 0.1) is 17.8 Å². The molecule has 3 amide bonds. The van der Waals surface area contributed by atoms with E-state index < -0.39 is 5.41 Å². The number of piperidine rings is 1. The van der Waals surface area contributed by atoms with Crippen LogP contribution in [0.5, 0.6) is 0 Å². The molecule has 4 aliphatic carbocycles. The Morgan fingerprint density at radius 1 is 0.964 bits per heavy atom. The van der Waals surface area contributed by atoms with Gasteiger partial charge in [0.1, 0.15) is 0 Å². The molecular formula is C23H29N3O2. The molecule has 1 aromatic rings. The van der Waals surface area contributed by atoms with Gasteiger partial charge in [-0.05, 0) is 80.8 Å². The van der Waals surface area contributed by atoms with Crippen molar-refractivity contribution < 1.29 is 9.59 Å². The number of nitrogens with two attached hydrogens (primary N) is 1. The minimum Gasteiger partial charge on any atom is -0.351 e. The molecule has 5 heteroatoms. The second-order valence-electron chi connectivity index (χ2n) is 10.2. The zero-order valence-corrected chi connectivity index (χ0v) is 16.4. The Kier molecular flexibility index (Phi) is 3.33. The van der Waals surface area contributed by atoms with E-state index in [2.05, 4.69) is 29.2 Å². The average molecular weight is 380 g/mol. The molecule has 1 saturated heterocycles. The summed E-state index contributed by atoms with van der Waals surface area (Å²) in [6, 6.07) is 8.11. The first kappa shape index (κ1) is 16.9. The van der Waals surface area contributed by atoms with Gasteiger partial charge in [-0.3, -0.25) is 4.79 Å². The van der Waals surface area contributed by atoms with Gasteiger partial charge in [0.25, 0.3) is 0 Å². The third-order valence-electron chi connectivity index (χ3n) is 8.68. The first-order valence-corrected chi connectivity index (χ1v) is 11.0. The summed E-state index contributed by atoms with van der Waals surface area (Å²) in [5.74, 6) is 2.72. The van der Waals surface area contributed by atoms with Crippen LogP contribution >= 0.6 is 0 Å². The first-order chi connectivity index (χ1) is 13.5. The molecule has 6 aliphatic rings. The molecule has 2 aliphatic heterocycles. The fourth-order valence-electron chi connectivity index (χ4n) is 7.91. The molecule has 5 fully saturated rings. The number of carbonyl (C=O) groups excluding carboxylic acids is 2. The number of nitrogens with zero attached hydrogens (tertiary/aromatic N) is 2. The Hall–Kier alpha value is -2.04. The van der Waals surface area contributed by atoms with E-state index in [1.54, 1.807) is 4.90 Å². The molecule has 4 bridgehead atoms. The molecule has 0 unspecified atom stereocenters. The summed E-state index contributed by atoms with van der Waals surface area (Å²) >= 11 is 0. The number of likely N-dealkylation sites (tertiary alicyclic amines) is 1. The molecule has 0 aromatic heterocycles. The van der Waals surface area contributed by atoms with Crippen molar-refractivity contribution in [2.75, 3.05) is 18.0 Å². The van der Waals surface area contributed by atoms with Crippen LogP contribution in [0.25, 0.3) is 0 Å². The van der Waals surface area contributed by atoms with Crippen LogP contribution in [0.15, 0.2) is 24.3 Å². The second kappa shape index (κ2) is 5.52. The summed E-state index contributed by atoms with van der Waals surface area (Å²) in [5.41, 5.74) is 7.42. The van der Waals surface area contributed by atoms with Crippen molar-refractivity contribution in [3.05, 3.63) is 29.8 Å². The molecule has 148 valence electrons. The highest BCUT2D eigenvalue weighted by atomic mass is 16.2. The second-order valence-corrected chi connectivity index (χ2v) is 10.2. The number of fused-ring (bicyclic) bond motifs is 2. The van der Waals surface area contributed by atoms with Crippen molar-refractivity contribution in [1.29, 1.82) is 0 Å². The summed E-state index contributed by atoms with van der Waals surface area (Å²) in [6.07, 6.45) is 9.06. The number of anilines is 1. The number of urea groups is 1. The number of benzene rings is 1. The van der Waals surface area contributed by atoms with Crippen LogP contribution in [0.3, 0.4) is 0 Å². The van der Waals surface area contributed by atoms with E-state index in [-0.39, 0.29) is 11.6 Å². The Balaban J connectivity index is 1.42. The van der Waals surface area contributed by atoms with E-state index >= 15 is 0 Å². The molecule has 2 N–H and O–H groups in total. The molecule has 7 rings (SSSR count). The van der Waals surface area contributed by atoms with Crippen molar-refractivity contribution in [2.24, 2.45) is 23.5 Å². The van der Waals surface area contributed by atoms with Crippen molar-refractivity contribution >= 4 is 17.6 Å². The standard InChI is InChI=1S/C23H29N3O2/c24-21(28)25-7-5-23(6-8-25)18-3-1-2-4-19(18)26(20(23)27)22-12-15-9-16(13-22)11-17(10-15)14-22/h1-4,15-17H,5-14H2,(H2,24,28). The molecule has 1 aromatic carbocycles. The van der Waals surface area contributed by atoms with Gasteiger partial charge >= 0.3 is 6.03 Å². The number of primary amides is 1. The third kappa shape index (κ3) is 2.08. The third-order valence-corrected chi connectivity index (χ3v) is 8.68. The summed E-state index contributed by atoms with van der Waals surface area (Å²) in [4.78, 5) is 29.7. The number of hydrogen-bond acceptors (Lipinski definition) is 2. The van der Waals surface area contributed by atoms with Gasteiger partial charge in [-0.2, -0.15) is 0 Å². The molecule has 0 radical (unpaired) electrons. The van der Waals surface area contributed by atoms with Crippen LogP contribution in [-0.2, 0) is 10.2 Å². The smallest absolute Gasteiger partial charge is 0.314 e. The summed E-state index contributed by atoms with van der Waals surface area (Å²) in [6.45, 7) is 1.15. The Morgan fingerprint density at radius 2 is 1.54 bits per heavy atom. The zero-order valence-electron chi connectivity index (χ0n) is 16.4. The summed E-state index contributed by atoms with van der Waals surface area (Å²) in [7, 11) is 0. The summed E-state index contributed by atoms with van der Waals surface area (Å²) in [5, 5.41) is 0. The number of rotatable bonds is 1. The molecule has 5 nitrogen and oxygen atoms in total. The van der Waals surface area contributed by atoms with E-state index in [1.165, 1.54) is 44.1 Å². The zero-order chi connectivity index (χ0) is 19.1. The van der Waals surface area contributed by atoms with Gasteiger partial charge in [0, 0.05) is 24.3 Å². The van der Waals surface area contributed by atoms with E-state index in [0.717, 1.165) is 23.4 Å². The van der Waals surface area contributed by atoms with Crippen molar-refractivity contribution in [3.63, 3.8) is 0 Å². The van der Waals surface area contributed by atoms with Crippen molar-refractivity contribution in [1.82, 2.24) is 4.90 Å². The molecule has 1 spiro atoms. The highest BCUT2D eigenvalue weighted by Gasteiger charge is 2.61. The van der Waals surface area contributed by atoms with Crippen LogP contribution in [0.2, 0.25) is 0 Å². The average Bonchev–Trinajstić information content (AvgIpc) is 2.90. The van der Waals surface area contributed by atoms with Gasteiger partial charge in [-0.1, -0.05) is 18.2 Å². The molecule has 0 atom stereocenters. The SMILES string of the molecule is NC(=O)N1CCC2(CC1)C(=O)N(C13CC4CC(CC(C4)C1)C3)c1ccccc12. The van der Waals surface area contributed by atoms with E-state index in [9.17, 15) is 9.59 Å². The fraction of sp³-hybridized carbons (Fsp3) is 0.652. The van der Waals surface area contributed by atoms with Gasteiger partial charge in [0.05, 0.1) is 5.41 Å². The highest BCUT2D eigenvalue weighted by molar-refractivity contribution is 6.09. The topological polar surface area (TPSA) is 66.6 Å². The maximum absolute atomic E-state index is 14.1. The number of para-hydroxylation sites is 1. The molecule has 4 saturated carbocycles. The Bertz CT molecular complexity index is 820. The van der Waals surface area contributed by atoms with Crippen LogP contribution in [-0.4, -0.2) is 35.5 Å². The maximum Gasteiger partial charge on any atom is 0.314 e. The number of amides is 3. The lowest BCUT2D eigenvalue weighted by Crippen LogP contribution is -2.63. The minimum absolute atomic E-state index is 0.0340. The van der Waals surface area contributed by atoms with Gasteiger partial charge in [0.2, 0.25) is 5.91 Å². The van der Waals surface area contributed by atoms with E-state index in [4.69, 9.17) is 5.73 Å². The predicted octanol–water partition coefficient (Wildman–Crippen LogP) is 3.41. The van der Waals surface area contributed by atoms with Gasteiger partial charge in [-0.25, -0.2) is 4.79 Å². The molecule has 2 heterocycles. The van der Waals surface area contributed by atoms with Crippen LogP contribution in [0.4, 0.5) is 10.5 Å². The Labute approximate surface area is 166 Å².